The van der Waals surface area contributed by atoms with E-state index in [1.165, 1.54) is 11.3 Å². The lowest BCUT2D eigenvalue weighted by Crippen LogP contribution is -1.70. The molecule has 1 aromatic heterocycles. The van der Waals surface area contributed by atoms with Crippen LogP contribution in [0, 0.1) is 11.8 Å². The fraction of sp³-hybridized carbons (Fsp3) is 0.125. The number of rotatable bonds is 2. The quantitative estimate of drug-likeness (QED) is 0.232. The molecule has 0 radical (unpaired) electrons. The lowest BCUT2D eigenvalue weighted by molar-refractivity contribution is 0.112. The largest absolute Gasteiger partial charge is 0.297 e. The third-order valence-corrected chi connectivity index (χ3v) is 2.04. The average Bonchev–Trinajstić information content (AvgIpc) is 2.60. The van der Waals surface area contributed by atoms with Crippen LogP contribution in [0.3, 0.4) is 0 Å². The second kappa shape index (κ2) is 4.99. The third-order valence-electron chi connectivity index (χ3n) is 1.18. The fourth-order valence-corrected chi connectivity index (χ4v) is 1.33. The molecule has 0 aliphatic rings. The van der Waals surface area contributed by atoms with Crippen molar-refractivity contribution in [3.63, 3.8) is 0 Å². The predicted octanol–water partition coefficient (Wildman–Crippen LogP) is 2.22. The van der Waals surface area contributed by atoms with Crippen molar-refractivity contribution in [1.29, 1.82) is 0 Å². The third kappa shape index (κ3) is 2.99. The van der Waals surface area contributed by atoms with Crippen molar-refractivity contribution in [1.82, 2.24) is 0 Å². The minimum atomic E-state index is 0.156. The monoisotopic (exact) mass is 191 g/mol. The van der Waals surface area contributed by atoms with Crippen molar-refractivity contribution >= 4 is 17.6 Å². The summed E-state index contributed by atoms with van der Waals surface area (Å²) in [5.41, 5.74) is 8.73. The number of nitrogens with zero attached hydrogens (tertiary/aromatic N) is 3. The van der Waals surface area contributed by atoms with Gasteiger partial charge < -0.3 is 0 Å². The van der Waals surface area contributed by atoms with Gasteiger partial charge in [-0.05, 0) is 11.6 Å². The normalized spacial score (nSPS) is 8.00. The molecule has 0 saturated heterocycles. The van der Waals surface area contributed by atoms with Crippen LogP contribution in [0.15, 0.2) is 16.6 Å². The van der Waals surface area contributed by atoms with E-state index in [0.717, 1.165) is 11.8 Å². The number of hydrogen-bond acceptors (Lipinski definition) is 3. The van der Waals surface area contributed by atoms with Gasteiger partial charge in [0.25, 0.3) is 0 Å². The van der Waals surface area contributed by atoms with Crippen LogP contribution < -0.4 is 0 Å². The molecular formula is C8H5N3OS. The number of aldehydes is 1. The lowest BCUT2D eigenvalue weighted by atomic mass is 10.3. The molecule has 0 amide bonds. The van der Waals surface area contributed by atoms with Crippen LogP contribution in [0.4, 0.5) is 0 Å². The summed E-state index contributed by atoms with van der Waals surface area (Å²) in [4.78, 5) is 13.5. The molecule has 0 N–H and O–H groups in total. The Morgan fingerprint density at radius 2 is 2.62 bits per heavy atom. The Kier molecular flexibility index (Phi) is 3.58. The molecule has 1 rings (SSSR count). The van der Waals surface area contributed by atoms with Crippen LogP contribution in [-0.2, 0) is 0 Å². The topological polar surface area (TPSA) is 65.8 Å². The van der Waals surface area contributed by atoms with Gasteiger partial charge in [0.05, 0.1) is 11.4 Å². The Balaban J connectivity index is 2.66. The van der Waals surface area contributed by atoms with Crippen LogP contribution in [-0.4, -0.2) is 12.8 Å². The molecule has 0 bridgehead atoms. The Morgan fingerprint density at radius 3 is 3.23 bits per heavy atom. The minimum Gasteiger partial charge on any atom is -0.297 e. The highest BCUT2D eigenvalue weighted by Gasteiger charge is 1.93. The molecule has 0 unspecified atom stereocenters. The zero-order chi connectivity index (χ0) is 9.52. The van der Waals surface area contributed by atoms with E-state index in [2.05, 4.69) is 21.9 Å². The number of carbonyl (C=O) groups excluding carboxylic acids is 1. The standard InChI is InChI=1S/C8H5N3OS/c9-11-10-3-1-2-7-4-8(5-12)13-6-7/h4-6H,3H2. The second-order valence-electron chi connectivity index (χ2n) is 2.05. The summed E-state index contributed by atoms with van der Waals surface area (Å²) >= 11 is 1.34. The van der Waals surface area contributed by atoms with Gasteiger partial charge in [-0.25, -0.2) is 0 Å². The molecule has 5 heteroatoms. The SMILES string of the molecule is [N-]=[N+]=NCC#Cc1csc(C=O)c1. The van der Waals surface area contributed by atoms with Crippen molar-refractivity contribution in [3.8, 4) is 11.8 Å². The van der Waals surface area contributed by atoms with Crippen molar-refractivity contribution in [2.24, 2.45) is 5.11 Å². The predicted molar refractivity (Wildman–Crippen MR) is 50.6 cm³/mol. The van der Waals surface area contributed by atoms with E-state index in [9.17, 15) is 4.79 Å². The fourth-order valence-electron chi connectivity index (χ4n) is 0.689. The number of thiophene rings is 1. The molecule has 1 aromatic rings. The van der Waals surface area contributed by atoms with Gasteiger partial charge in [0.15, 0.2) is 6.29 Å². The molecule has 0 aromatic carbocycles. The molecule has 0 fully saturated rings. The van der Waals surface area contributed by atoms with E-state index in [4.69, 9.17) is 5.53 Å². The summed E-state index contributed by atoms with van der Waals surface area (Å²) in [7, 11) is 0. The maximum absolute atomic E-state index is 10.3. The van der Waals surface area contributed by atoms with Crippen LogP contribution in [0.25, 0.3) is 10.4 Å². The van der Waals surface area contributed by atoms with Gasteiger partial charge in [-0.3, -0.25) is 4.79 Å². The summed E-state index contributed by atoms with van der Waals surface area (Å²) in [6.45, 7) is 0.156. The first-order chi connectivity index (χ1) is 6.36. The molecule has 0 saturated carbocycles. The molecule has 0 aliphatic heterocycles. The molecule has 0 spiro atoms. The van der Waals surface area contributed by atoms with Gasteiger partial charge in [0.2, 0.25) is 0 Å². The molecule has 4 nitrogen and oxygen atoms in total. The minimum absolute atomic E-state index is 0.156. The van der Waals surface area contributed by atoms with Crippen LogP contribution >= 0.6 is 11.3 Å². The van der Waals surface area contributed by atoms with E-state index in [1.54, 1.807) is 11.4 Å². The first-order valence-electron chi connectivity index (χ1n) is 3.40. The Hall–Kier alpha value is -1.76. The van der Waals surface area contributed by atoms with Crippen LogP contribution in [0.2, 0.25) is 0 Å². The summed E-state index contributed by atoms with van der Waals surface area (Å²) in [6, 6.07) is 1.70. The summed E-state index contributed by atoms with van der Waals surface area (Å²) in [5, 5.41) is 5.04. The maximum Gasteiger partial charge on any atom is 0.160 e. The molecule has 1 heterocycles. The molecular weight excluding hydrogens is 186 g/mol. The van der Waals surface area contributed by atoms with E-state index in [1.807, 2.05) is 0 Å². The van der Waals surface area contributed by atoms with Crippen molar-refractivity contribution < 1.29 is 4.79 Å². The molecule has 13 heavy (non-hydrogen) atoms. The van der Waals surface area contributed by atoms with Gasteiger partial charge in [0.1, 0.15) is 0 Å². The average molecular weight is 191 g/mol. The highest BCUT2D eigenvalue weighted by molar-refractivity contribution is 7.11. The number of azide groups is 1. The van der Waals surface area contributed by atoms with E-state index >= 15 is 0 Å². The van der Waals surface area contributed by atoms with Crippen molar-refractivity contribution in [2.75, 3.05) is 6.54 Å². The van der Waals surface area contributed by atoms with Gasteiger partial charge in [-0.2, -0.15) is 0 Å². The highest BCUT2D eigenvalue weighted by Crippen LogP contribution is 2.10. The maximum atomic E-state index is 10.3. The smallest absolute Gasteiger partial charge is 0.160 e. The lowest BCUT2D eigenvalue weighted by Gasteiger charge is -1.74. The zero-order valence-electron chi connectivity index (χ0n) is 6.60. The molecule has 0 atom stereocenters. The summed E-state index contributed by atoms with van der Waals surface area (Å²) in [6.07, 6.45) is 0.781. The summed E-state index contributed by atoms with van der Waals surface area (Å²) < 4.78 is 0. The van der Waals surface area contributed by atoms with E-state index < -0.39 is 0 Å². The van der Waals surface area contributed by atoms with Gasteiger partial charge >= 0.3 is 0 Å². The molecule has 0 aliphatic carbocycles. The van der Waals surface area contributed by atoms with Crippen LogP contribution in [0.5, 0.6) is 0 Å². The zero-order valence-corrected chi connectivity index (χ0v) is 7.41. The van der Waals surface area contributed by atoms with Gasteiger partial charge in [0, 0.05) is 15.9 Å². The number of hydrogen-bond donors (Lipinski definition) is 0. The van der Waals surface area contributed by atoms with Gasteiger partial charge in [-0.15, -0.1) is 11.3 Å². The van der Waals surface area contributed by atoms with Gasteiger partial charge in [-0.1, -0.05) is 17.0 Å². The molecule has 64 valence electrons. The Bertz CT molecular complexity index is 407. The Morgan fingerprint density at radius 1 is 1.77 bits per heavy atom. The van der Waals surface area contributed by atoms with Crippen LogP contribution in [0.1, 0.15) is 15.2 Å². The Labute approximate surface area is 78.8 Å². The van der Waals surface area contributed by atoms with Crippen molar-refractivity contribution in [2.45, 2.75) is 0 Å². The van der Waals surface area contributed by atoms with E-state index in [0.29, 0.717) is 4.88 Å². The summed E-state index contributed by atoms with van der Waals surface area (Å²) in [5.74, 6) is 5.43. The first kappa shape index (κ1) is 9.33. The number of carbonyl (C=O) groups is 1. The highest BCUT2D eigenvalue weighted by atomic mass is 32.1. The van der Waals surface area contributed by atoms with Crippen molar-refractivity contribution in [3.05, 3.63) is 32.3 Å². The van der Waals surface area contributed by atoms with E-state index in [-0.39, 0.29) is 6.54 Å². The second-order valence-corrected chi connectivity index (χ2v) is 2.99. The first-order valence-corrected chi connectivity index (χ1v) is 4.28.